The van der Waals surface area contributed by atoms with Crippen molar-refractivity contribution in [2.24, 2.45) is 5.92 Å². The minimum atomic E-state index is -2.87. The van der Waals surface area contributed by atoms with Crippen LogP contribution in [0, 0.1) is 5.92 Å². The van der Waals surface area contributed by atoms with Crippen LogP contribution in [-0.2, 0) is 11.0 Å². The first-order valence-corrected chi connectivity index (χ1v) is 5.57. The summed E-state index contributed by atoms with van der Waals surface area (Å²) in [5.74, 6) is 0.766. The molecule has 2 N–H and O–H groups in total. The van der Waals surface area contributed by atoms with Gasteiger partial charge in [0.15, 0.2) is 0 Å². The summed E-state index contributed by atoms with van der Waals surface area (Å²) in [6, 6.07) is 10.6. The molecule has 0 amide bonds. The van der Waals surface area contributed by atoms with E-state index in [1.165, 1.54) is 12.0 Å². The van der Waals surface area contributed by atoms with Crippen molar-refractivity contribution >= 4 is 8.25 Å². The molecule has 0 heterocycles. The summed E-state index contributed by atoms with van der Waals surface area (Å²) in [5, 5.41) is 0. The lowest BCUT2D eigenvalue weighted by molar-refractivity contribution is 0.405. The molecule has 0 unspecified atom stereocenters. The summed E-state index contributed by atoms with van der Waals surface area (Å²) in [4.78, 5) is 14.2. The Kier molecular flexibility index (Phi) is 7.21. The Morgan fingerprint density at radius 2 is 1.64 bits per heavy atom. The third-order valence-corrected chi connectivity index (χ3v) is 1.49. The average molecular weight is 215 g/mol. The molecule has 0 aliphatic rings. The summed E-state index contributed by atoms with van der Waals surface area (Å²) in [6.07, 6.45) is 1.20. The molecule has 3 nitrogen and oxygen atoms in total. The van der Waals surface area contributed by atoms with Gasteiger partial charge in [-0.15, -0.1) is 9.79 Å². The number of hydrogen-bond acceptors (Lipinski definition) is 1. The summed E-state index contributed by atoms with van der Waals surface area (Å²) >= 11 is 0. The normalized spacial score (nSPS) is 9.21. The molecule has 78 valence electrons. The predicted molar refractivity (Wildman–Crippen MR) is 57.0 cm³/mol. The highest BCUT2D eigenvalue weighted by Gasteiger charge is 1.94. The smallest absolute Gasteiger partial charge is 0.134 e. The molecule has 1 rings (SSSR count). The third kappa shape index (κ3) is 9.33. The van der Waals surface area contributed by atoms with E-state index in [2.05, 4.69) is 44.2 Å². The highest BCUT2D eigenvalue weighted by atomic mass is 31.1. The molecule has 0 saturated carbocycles. The van der Waals surface area contributed by atoms with Crippen LogP contribution in [0.5, 0.6) is 0 Å². The summed E-state index contributed by atoms with van der Waals surface area (Å²) < 4.78 is 8.70. The molecule has 0 atom stereocenters. The number of rotatable bonds is 2. The fraction of sp³-hybridized carbons (Fsp3) is 0.400. The molecule has 4 heteroatoms. The van der Waals surface area contributed by atoms with Gasteiger partial charge >= 0.3 is 8.25 Å². The van der Waals surface area contributed by atoms with Crippen LogP contribution in [0.25, 0.3) is 0 Å². The second-order valence-electron chi connectivity index (χ2n) is 3.34. The van der Waals surface area contributed by atoms with Gasteiger partial charge in [-0.3, -0.25) is 0 Å². The van der Waals surface area contributed by atoms with Gasteiger partial charge in [0.1, 0.15) is 0 Å². The van der Waals surface area contributed by atoms with Gasteiger partial charge in [-0.1, -0.05) is 44.2 Å². The molecular weight excluding hydrogens is 199 g/mol. The third-order valence-electron chi connectivity index (χ3n) is 1.49. The van der Waals surface area contributed by atoms with E-state index in [1.54, 1.807) is 0 Å². The van der Waals surface area contributed by atoms with Gasteiger partial charge in [-0.2, -0.15) is 0 Å². The summed E-state index contributed by atoms with van der Waals surface area (Å²) in [5.41, 5.74) is 1.44. The van der Waals surface area contributed by atoms with Crippen molar-refractivity contribution in [1.82, 2.24) is 0 Å². The standard InChI is InChI=1S/C10H14.HO3P/c1-9(2)8-10-6-4-3-5-7-10;1-4(2)3/h3-7,9H,8H2,1-2H3;(H-,1,2,3)/p+1. The molecule has 0 bridgehead atoms. The zero-order chi connectivity index (χ0) is 11.0. The Hall–Kier alpha value is -0.760. The average Bonchev–Trinajstić information content (AvgIpc) is 2.03. The van der Waals surface area contributed by atoms with Crippen molar-refractivity contribution in [3.63, 3.8) is 0 Å². The van der Waals surface area contributed by atoms with Gasteiger partial charge in [0.25, 0.3) is 0 Å². The van der Waals surface area contributed by atoms with Gasteiger partial charge in [-0.25, -0.2) is 0 Å². The van der Waals surface area contributed by atoms with Crippen molar-refractivity contribution in [2.45, 2.75) is 20.3 Å². The minimum absolute atomic E-state index is 0.766. The monoisotopic (exact) mass is 215 g/mol. The predicted octanol–water partition coefficient (Wildman–Crippen LogP) is 2.51. The van der Waals surface area contributed by atoms with Gasteiger partial charge in [0.05, 0.1) is 0 Å². The Balaban J connectivity index is 0.000000364. The van der Waals surface area contributed by atoms with Gasteiger partial charge in [0.2, 0.25) is 0 Å². The molecular formula is C10H16O3P+. The fourth-order valence-electron chi connectivity index (χ4n) is 1.09. The van der Waals surface area contributed by atoms with Crippen molar-refractivity contribution in [3.8, 4) is 0 Å². The lowest BCUT2D eigenvalue weighted by Crippen LogP contribution is -1.92. The first kappa shape index (κ1) is 13.2. The lowest BCUT2D eigenvalue weighted by Gasteiger charge is -2.02. The van der Waals surface area contributed by atoms with E-state index in [1.807, 2.05) is 0 Å². The maximum Gasteiger partial charge on any atom is 0.692 e. The molecule has 0 aliphatic heterocycles. The van der Waals surface area contributed by atoms with Crippen LogP contribution < -0.4 is 0 Å². The molecule has 0 aromatic heterocycles. The van der Waals surface area contributed by atoms with Crippen LogP contribution in [0.15, 0.2) is 30.3 Å². The maximum absolute atomic E-state index is 8.70. The van der Waals surface area contributed by atoms with Gasteiger partial charge < -0.3 is 0 Å². The zero-order valence-electron chi connectivity index (χ0n) is 8.42. The Bertz CT molecular complexity index is 255. The quantitative estimate of drug-likeness (QED) is 0.745. The second-order valence-corrected chi connectivity index (χ2v) is 3.84. The Morgan fingerprint density at radius 3 is 2.00 bits per heavy atom. The molecule has 1 aromatic rings. The maximum atomic E-state index is 8.70. The highest BCUT2D eigenvalue weighted by molar-refractivity contribution is 7.30. The highest BCUT2D eigenvalue weighted by Crippen LogP contribution is 2.06. The molecule has 0 fully saturated rings. The first-order valence-electron chi connectivity index (χ1n) is 4.41. The second kappa shape index (κ2) is 7.63. The molecule has 14 heavy (non-hydrogen) atoms. The van der Waals surface area contributed by atoms with Gasteiger partial charge in [-0.05, 0) is 17.9 Å². The van der Waals surface area contributed by atoms with E-state index in [0.29, 0.717) is 0 Å². The van der Waals surface area contributed by atoms with Crippen molar-refractivity contribution in [2.75, 3.05) is 0 Å². The van der Waals surface area contributed by atoms with Crippen molar-refractivity contribution < 1.29 is 14.4 Å². The summed E-state index contributed by atoms with van der Waals surface area (Å²) in [6.45, 7) is 4.49. The lowest BCUT2D eigenvalue weighted by atomic mass is 10.0. The van der Waals surface area contributed by atoms with E-state index in [0.717, 1.165) is 5.92 Å². The SMILES string of the molecule is CC(C)Cc1ccccc1.O=[P+](O)O. The number of hydrogen-bond donors (Lipinski definition) is 2. The number of benzene rings is 1. The largest absolute Gasteiger partial charge is 0.692 e. The van der Waals surface area contributed by atoms with Crippen molar-refractivity contribution in [1.29, 1.82) is 0 Å². The van der Waals surface area contributed by atoms with Crippen LogP contribution in [-0.4, -0.2) is 9.79 Å². The fourth-order valence-corrected chi connectivity index (χ4v) is 1.09. The van der Waals surface area contributed by atoms with E-state index in [9.17, 15) is 0 Å². The molecule has 0 saturated heterocycles. The Labute approximate surface area is 85.4 Å². The van der Waals surface area contributed by atoms with Crippen LogP contribution in [0.3, 0.4) is 0 Å². The van der Waals surface area contributed by atoms with Crippen LogP contribution >= 0.6 is 8.25 Å². The Morgan fingerprint density at radius 1 is 1.21 bits per heavy atom. The van der Waals surface area contributed by atoms with Crippen molar-refractivity contribution in [3.05, 3.63) is 35.9 Å². The van der Waals surface area contributed by atoms with Gasteiger partial charge in [0, 0.05) is 4.57 Å². The topological polar surface area (TPSA) is 57.5 Å². The minimum Gasteiger partial charge on any atom is -0.134 e. The van der Waals surface area contributed by atoms with E-state index < -0.39 is 8.25 Å². The van der Waals surface area contributed by atoms with E-state index >= 15 is 0 Å². The first-order chi connectivity index (χ1) is 6.52. The molecule has 1 aromatic carbocycles. The van der Waals surface area contributed by atoms with Crippen LogP contribution in [0.4, 0.5) is 0 Å². The molecule has 0 spiro atoms. The van der Waals surface area contributed by atoms with Crippen LogP contribution in [0.1, 0.15) is 19.4 Å². The zero-order valence-corrected chi connectivity index (χ0v) is 9.32. The van der Waals surface area contributed by atoms with Crippen LogP contribution in [0.2, 0.25) is 0 Å². The van der Waals surface area contributed by atoms with E-state index in [4.69, 9.17) is 14.4 Å². The molecule has 0 aliphatic carbocycles. The summed E-state index contributed by atoms with van der Waals surface area (Å²) in [7, 11) is -2.87. The molecule has 0 radical (unpaired) electrons. The van der Waals surface area contributed by atoms with E-state index in [-0.39, 0.29) is 0 Å².